The summed E-state index contributed by atoms with van der Waals surface area (Å²) in [4.78, 5) is 1.60. The second-order valence-electron chi connectivity index (χ2n) is 6.03. The van der Waals surface area contributed by atoms with Crippen LogP contribution in [0.4, 0.5) is 0 Å². The van der Waals surface area contributed by atoms with E-state index < -0.39 is 28.0 Å². The number of ether oxygens (including phenoxy) is 2. The van der Waals surface area contributed by atoms with Gasteiger partial charge < -0.3 is 24.2 Å². The molecule has 26 heavy (non-hydrogen) atoms. The van der Waals surface area contributed by atoms with Crippen LogP contribution in [0.2, 0.25) is 0 Å². The molecule has 2 atom stereocenters. The minimum Gasteiger partial charge on any atom is -0.748 e. The third-order valence-corrected chi connectivity index (χ3v) is 4.55. The summed E-state index contributed by atoms with van der Waals surface area (Å²) < 4.78 is 44.0. The Bertz CT molecular complexity index is 391. The fourth-order valence-corrected chi connectivity index (χ4v) is 2.75. The largest absolute Gasteiger partial charge is 1.00 e. The Balaban J connectivity index is 0. The third kappa shape index (κ3) is 14.4. The molecule has 0 radical (unpaired) electrons. The molecular weight excluding hydrogens is 357 g/mol. The zero-order chi connectivity index (χ0) is 19.1. The van der Waals surface area contributed by atoms with E-state index in [0.717, 1.165) is 25.7 Å². The Morgan fingerprint density at radius 1 is 0.962 bits per heavy atom. The SMILES string of the molecule is CCCCOCC(CO)N(CCS(=O)(=O)[O-])C(CO)COCCCC.[Li+]. The number of rotatable bonds is 17. The van der Waals surface area contributed by atoms with Crippen molar-refractivity contribution in [1.29, 1.82) is 0 Å². The summed E-state index contributed by atoms with van der Waals surface area (Å²) >= 11 is 0. The van der Waals surface area contributed by atoms with Crippen molar-refractivity contribution in [3.8, 4) is 0 Å². The van der Waals surface area contributed by atoms with Crippen LogP contribution in [-0.4, -0.2) is 92.1 Å². The molecule has 0 fully saturated rings. The molecule has 0 aliphatic rings. The van der Waals surface area contributed by atoms with E-state index >= 15 is 0 Å². The number of nitrogens with zero attached hydrogens (tertiary/aromatic N) is 1. The van der Waals surface area contributed by atoms with Crippen LogP contribution in [0.15, 0.2) is 0 Å². The van der Waals surface area contributed by atoms with Crippen LogP contribution in [-0.2, 0) is 19.6 Å². The predicted octanol–water partition coefficient (Wildman–Crippen LogP) is -2.81. The first-order valence-corrected chi connectivity index (χ1v) is 10.5. The Morgan fingerprint density at radius 3 is 1.69 bits per heavy atom. The maximum absolute atomic E-state index is 11.0. The number of aliphatic hydroxyl groups excluding tert-OH is 2. The van der Waals surface area contributed by atoms with Crippen molar-refractivity contribution < 1.29 is 51.5 Å². The molecule has 152 valence electrons. The van der Waals surface area contributed by atoms with E-state index in [9.17, 15) is 23.2 Å². The summed E-state index contributed by atoms with van der Waals surface area (Å²) in [6.07, 6.45) is 3.73. The molecule has 10 heteroatoms. The molecule has 0 aliphatic heterocycles. The summed E-state index contributed by atoms with van der Waals surface area (Å²) in [5.41, 5.74) is 0. The minimum atomic E-state index is -4.40. The zero-order valence-electron chi connectivity index (χ0n) is 16.4. The molecule has 0 heterocycles. The van der Waals surface area contributed by atoms with Gasteiger partial charge in [-0.15, -0.1) is 0 Å². The van der Waals surface area contributed by atoms with Crippen LogP contribution in [0.3, 0.4) is 0 Å². The van der Waals surface area contributed by atoms with Gasteiger partial charge in [0, 0.05) is 19.8 Å². The molecule has 0 amide bonds. The van der Waals surface area contributed by atoms with Crippen molar-refractivity contribution in [2.45, 2.75) is 51.6 Å². The third-order valence-electron chi connectivity index (χ3n) is 3.86. The Kier molecular flexibility index (Phi) is 19.1. The van der Waals surface area contributed by atoms with Crippen molar-refractivity contribution in [1.82, 2.24) is 4.90 Å². The van der Waals surface area contributed by atoms with Gasteiger partial charge in [0.1, 0.15) is 0 Å². The van der Waals surface area contributed by atoms with Gasteiger partial charge in [-0.2, -0.15) is 0 Å². The fourth-order valence-electron chi connectivity index (χ4n) is 2.32. The normalized spacial score (nSPS) is 14.2. The second-order valence-corrected chi connectivity index (χ2v) is 7.55. The van der Waals surface area contributed by atoms with Gasteiger partial charge in [0.15, 0.2) is 0 Å². The van der Waals surface area contributed by atoms with E-state index in [1.165, 1.54) is 0 Å². The standard InChI is InChI=1S/C16H35NO7S.Li/c1-3-5-8-23-13-15(11-18)17(7-10-25(20,21)22)16(12-19)14-24-9-6-4-2;/h15-16,18-19H,3-14H2,1-2H3,(H,20,21,22);/q;+1/p-1. The molecule has 0 aromatic rings. The predicted molar refractivity (Wildman–Crippen MR) is 94.5 cm³/mol. The first-order chi connectivity index (χ1) is 11.9. The van der Waals surface area contributed by atoms with Crippen LogP contribution in [0.1, 0.15) is 39.5 Å². The molecule has 8 nitrogen and oxygen atoms in total. The number of unbranched alkanes of at least 4 members (excludes halogenated alkanes) is 2. The van der Waals surface area contributed by atoms with E-state index in [4.69, 9.17) is 9.47 Å². The van der Waals surface area contributed by atoms with Crippen molar-refractivity contribution in [3.05, 3.63) is 0 Å². The molecule has 0 aromatic heterocycles. The maximum atomic E-state index is 11.0. The van der Waals surface area contributed by atoms with Gasteiger partial charge in [-0.05, 0) is 12.8 Å². The first kappa shape index (κ1) is 28.5. The molecule has 0 aliphatic carbocycles. The van der Waals surface area contributed by atoms with Crippen LogP contribution < -0.4 is 18.9 Å². The number of aliphatic hydroxyl groups is 2. The molecule has 2 N–H and O–H groups in total. The topological polar surface area (TPSA) is 119 Å². The van der Waals surface area contributed by atoms with Crippen LogP contribution in [0.5, 0.6) is 0 Å². The van der Waals surface area contributed by atoms with Crippen molar-refractivity contribution >= 4 is 10.1 Å². The average Bonchev–Trinajstić information content (AvgIpc) is 2.57. The van der Waals surface area contributed by atoms with E-state index in [1.807, 2.05) is 13.8 Å². The minimum absolute atomic E-state index is 0. The van der Waals surface area contributed by atoms with Gasteiger partial charge >= 0.3 is 18.9 Å². The summed E-state index contributed by atoms with van der Waals surface area (Å²) in [7, 11) is -4.40. The smallest absolute Gasteiger partial charge is 0.748 e. The summed E-state index contributed by atoms with van der Waals surface area (Å²) in [5, 5.41) is 19.3. The van der Waals surface area contributed by atoms with E-state index in [0.29, 0.717) is 13.2 Å². The van der Waals surface area contributed by atoms with Crippen LogP contribution >= 0.6 is 0 Å². The van der Waals surface area contributed by atoms with Crippen molar-refractivity contribution in [3.63, 3.8) is 0 Å². The summed E-state index contributed by atoms with van der Waals surface area (Å²) in [5.74, 6) is -0.593. The Labute approximate surface area is 170 Å². The molecular formula is C16H34LiNO7S. The molecule has 0 spiro atoms. The maximum Gasteiger partial charge on any atom is 1.00 e. The monoisotopic (exact) mass is 391 g/mol. The first-order valence-electron chi connectivity index (χ1n) is 8.96. The zero-order valence-corrected chi connectivity index (χ0v) is 17.2. The molecule has 0 aromatic carbocycles. The van der Waals surface area contributed by atoms with Crippen molar-refractivity contribution in [2.24, 2.45) is 0 Å². The van der Waals surface area contributed by atoms with Gasteiger partial charge in [-0.1, -0.05) is 26.7 Å². The van der Waals surface area contributed by atoms with E-state index in [-0.39, 0.29) is 51.8 Å². The Morgan fingerprint density at radius 2 is 1.38 bits per heavy atom. The summed E-state index contributed by atoms with van der Waals surface area (Å²) in [6, 6.07) is -1.02. The quantitative estimate of drug-likeness (QED) is 0.155. The molecule has 0 rings (SSSR count). The van der Waals surface area contributed by atoms with E-state index in [1.54, 1.807) is 4.90 Å². The van der Waals surface area contributed by atoms with Gasteiger partial charge in [-0.25, -0.2) is 8.42 Å². The summed E-state index contributed by atoms with van der Waals surface area (Å²) in [6.45, 7) is 4.92. The van der Waals surface area contributed by atoms with Gasteiger partial charge in [0.25, 0.3) is 0 Å². The van der Waals surface area contributed by atoms with Crippen LogP contribution in [0, 0.1) is 0 Å². The number of hydrogen-bond donors (Lipinski definition) is 2. The molecule has 2 unspecified atom stereocenters. The average molecular weight is 391 g/mol. The molecule has 0 bridgehead atoms. The van der Waals surface area contributed by atoms with Crippen molar-refractivity contribution in [2.75, 3.05) is 51.9 Å². The number of hydrogen-bond acceptors (Lipinski definition) is 8. The molecule has 0 saturated heterocycles. The van der Waals surface area contributed by atoms with Gasteiger partial charge in [-0.3, -0.25) is 4.90 Å². The van der Waals surface area contributed by atoms with Crippen LogP contribution in [0.25, 0.3) is 0 Å². The van der Waals surface area contributed by atoms with Gasteiger partial charge in [0.2, 0.25) is 0 Å². The Hall–Kier alpha value is 0.307. The van der Waals surface area contributed by atoms with Gasteiger partial charge in [0.05, 0.1) is 54.4 Å². The van der Waals surface area contributed by atoms with E-state index in [2.05, 4.69) is 0 Å². The molecule has 0 saturated carbocycles. The second kappa shape index (κ2) is 17.4. The fraction of sp³-hybridized carbons (Fsp3) is 1.00.